The van der Waals surface area contributed by atoms with E-state index in [4.69, 9.17) is 4.74 Å². The van der Waals surface area contributed by atoms with E-state index >= 15 is 0 Å². The average Bonchev–Trinajstić information content (AvgIpc) is 3.14. The first kappa shape index (κ1) is 18.2. The van der Waals surface area contributed by atoms with Crippen molar-refractivity contribution < 1.29 is 23.1 Å². The quantitative estimate of drug-likeness (QED) is 0.888. The van der Waals surface area contributed by atoms with Gasteiger partial charge in [-0.2, -0.15) is 0 Å². The maximum Gasteiger partial charge on any atom is 0.258 e. The van der Waals surface area contributed by atoms with Gasteiger partial charge in [0.1, 0.15) is 11.8 Å². The standard InChI is InChI=1S/C18H16F2N2O3S/c1-25-12-7-5-11(6-8-12)21-17(23)15-9-26-10-22(15)18(24)13-3-2-4-14(19)16(13)20/h2-8,15H,9-10H2,1H3,(H,21,23). The Morgan fingerprint density at radius 3 is 2.62 bits per heavy atom. The summed E-state index contributed by atoms with van der Waals surface area (Å²) in [6.07, 6.45) is 0. The number of nitrogens with one attached hydrogen (secondary N) is 1. The lowest BCUT2D eigenvalue weighted by Gasteiger charge is -2.23. The van der Waals surface area contributed by atoms with Crippen LogP contribution in [0.4, 0.5) is 14.5 Å². The molecule has 8 heteroatoms. The summed E-state index contributed by atoms with van der Waals surface area (Å²) in [5, 5.41) is 2.73. The Bertz CT molecular complexity index is 830. The molecule has 0 radical (unpaired) electrons. The molecule has 2 amide bonds. The van der Waals surface area contributed by atoms with E-state index in [0.29, 0.717) is 17.2 Å². The molecule has 2 aromatic rings. The molecule has 136 valence electrons. The van der Waals surface area contributed by atoms with Crippen LogP contribution >= 0.6 is 11.8 Å². The first-order chi connectivity index (χ1) is 12.5. The van der Waals surface area contributed by atoms with Gasteiger partial charge in [0.25, 0.3) is 5.91 Å². The number of rotatable bonds is 4. The van der Waals surface area contributed by atoms with Crippen molar-refractivity contribution in [2.75, 3.05) is 24.1 Å². The number of benzene rings is 2. The van der Waals surface area contributed by atoms with Gasteiger partial charge < -0.3 is 15.0 Å². The van der Waals surface area contributed by atoms with Crippen molar-refractivity contribution in [1.82, 2.24) is 4.90 Å². The second kappa shape index (κ2) is 7.74. The second-order valence-electron chi connectivity index (χ2n) is 5.61. The number of anilines is 1. The van der Waals surface area contributed by atoms with Crippen molar-refractivity contribution in [3.05, 3.63) is 59.7 Å². The molecule has 1 saturated heterocycles. The van der Waals surface area contributed by atoms with Crippen LogP contribution in [0.25, 0.3) is 0 Å². The fraction of sp³-hybridized carbons (Fsp3) is 0.222. The van der Waals surface area contributed by atoms with Crippen LogP contribution in [-0.2, 0) is 4.79 Å². The smallest absolute Gasteiger partial charge is 0.258 e. The Morgan fingerprint density at radius 1 is 1.19 bits per heavy atom. The summed E-state index contributed by atoms with van der Waals surface area (Å²) >= 11 is 1.38. The van der Waals surface area contributed by atoms with E-state index < -0.39 is 23.6 Å². The van der Waals surface area contributed by atoms with Gasteiger partial charge in [-0.05, 0) is 36.4 Å². The van der Waals surface area contributed by atoms with Crippen molar-refractivity contribution in [2.24, 2.45) is 0 Å². The Kier molecular flexibility index (Phi) is 5.41. The number of hydrogen-bond acceptors (Lipinski definition) is 4. The van der Waals surface area contributed by atoms with E-state index in [2.05, 4.69) is 5.32 Å². The molecule has 3 rings (SSSR count). The summed E-state index contributed by atoms with van der Waals surface area (Å²) in [7, 11) is 1.54. The molecule has 26 heavy (non-hydrogen) atoms. The maximum atomic E-state index is 13.9. The second-order valence-corrected chi connectivity index (χ2v) is 6.61. The zero-order chi connectivity index (χ0) is 18.7. The molecule has 1 atom stereocenters. The van der Waals surface area contributed by atoms with Gasteiger partial charge >= 0.3 is 0 Å². The van der Waals surface area contributed by atoms with E-state index in [-0.39, 0.29) is 17.3 Å². The van der Waals surface area contributed by atoms with Gasteiger partial charge in [0.15, 0.2) is 11.6 Å². The topological polar surface area (TPSA) is 58.6 Å². The predicted octanol–water partition coefficient (Wildman–Crippen LogP) is 3.13. The molecular weight excluding hydrogens is 362 g/mol. The highest BCUT2D eigenvalue weighted by Gasteiger charge is 2.36. The highest BCUT2D eigenvalue weighted by Crippen LogP contribution is 2.26. The molecule has 2 aromatic carbocycles. The number of ether oxygens (including phenoxy) is 1. The molecule has 0 bridgehead atoms. The molecule has 1 unspecified atom stereocenters. The third kappa shape index (κ3) is 3.65. The van der Waals surface area contributed by atoms with Gasteiger partial charge in [-0.25, -0.2) is 8.78 Å². The molecule has 1 N–H and O–H groups in total. The number of nitrogens with zero attached hydrogens (tertiary/aromatic N) is 1. The summed E-state index contributed by atoms with van der Waals surface area (Å²) in [6.45, 7) is 0. The zero-order valence-electron chi connectivity index (χ0n) is 13.9. The van der Waals surface area contributed by atoms with Crippen molar-refractivity contribution in [1.29, 1.82) is 0 Å². The summed E-state index contributed by atoms with van der Waals surface area (Å²) in [6, 6.07) is 9.40. The Morgan fingerprint density at radius 2 is 1.92 bits per heavy atom. The van der Waals surface area contributed by atoms with Gasteiger partial charge in [0.05, 0.1) is 18.6 Å². The SMILES string of the molecule is COc1ccc(NC(=O)C2CSCN2C(=O)c2cccc(F)c2F)cc1. The highest BCUT2D eigenvalue weighted by atomic mass is 32.2. The van der Waals surface area contributed by atoms with Gasteiger partial charge in [0.2, 0.25) is 5.91 Å². The fourth-order valence-corrected chi connectivity index (χ4v) is 3.74. The van der Waals surface area contributed by atoms with E-state index in [0.717, 1.165) is 6.07 Å². The van der Waals surface area contributed by atoms with Gasteiger partial charge in [-0.1, -0.05) is 6.07 Å². The Balaban J connectivity index is 1.75. The van der Waals surface area contributed by atoms with E-state index in [1.807, 2.05) is 0 Å². The number of carbonyl (C=O) groups is 2. The Hall–Kier alpha value is -2.61. The van der Waals surface area contributed by atoms with Crippen LogP contribution < -0.4 is 10.1 Å². The lowest BCUT2D eigenvalue weighted by atomic mass is 10.1. The molecule has 1 fully saturated rings. The van der Waals surface area contributed by atoms with Crippen molar-refractivity contribution >= 4 is 29.3 Å². The molecule has 0 aromatic heterocycles. The van der Waals surface area contributed by atoms with Crippen LogP contribution in [0.5, 0.6) is 5.75 Å². The normalized spacial score (nSPS) is 16.4. The van der Waals surface area contributed by atoms with E-state index in [1.165, 1.54) is 28.8 Å². The zero-order valence-corrected chi connectivity index (χ0v) is 14.7. The lowest BCUT2D eigenvalue weighted by molar-refractivity contribution is -0.119. The van der Waals surface area contributed by atoms with Crippen LogP contribution in [0.3, 0.4) is 0 Å². The molecule has 0 spiro atoms. The van der Waals surface area contributed by atoms with Crippen LogP contribution in [0, 0.1) is 11.6 Å². The molecule has 5 nitrogen and oxygen atoms in total. The van der Waals surface area contributed by atoms with E-state index in [1.54, 1.807) is 31.4 Å². The molecular formula is C18H16F2N2O3S. The molecule has 0 saturated carbocycles. The minimum atomic E-state index is -1.20. The average molecular weight is 378 g/mol. The minimum absolute atomic E-state index is 0.232. The number of thioether (sulfide) groups is 1. The van der Waals surface area contributed by atoms with Crippen LogP contribution in [0.2, 0.25) is 0 Å². The van der Waals surface area contributed by atoms with Gasteiger partial charge in [-0.3, -0.25) is 9.59 Å². The lowest BCUT2D eigenvalue weighted by Crippen LogP contribution is -2.44. The number of amides is 2. The first-order valence-corrected chi connectivity index (χ1v) is 8.94. The highest BCUT2D eigenvalue weighted by molar-refractivity contribution is 7.99. The third-order valence-corrected chi connectivity index (χ3v) is 5.00. The third-order valence-electron chi connectivity index (χ3n) is 3.99. The summed E-state index contributed by atoms with van der Waals surface area (Å²) in [5.74, 6) is -2.13. The first-order valence-electron chi connectivity index (χ1n) is 7.79. The molecule has 0 aliphatic carbocycles. The van der Waals surface area contributed by atoms with Crippen LogP contribution in [-0.4, -0.2) is 41.5 Å². The fourth-order valence-electron chi connectivity index (χ4n) is 2.58. The summed E-state index contributed by atoms with van der Waals surface area (Å²) in [5.41, 5.74) is 0.173. The summed E-state index contributed by atoms with van der Waals surface area (Å²) < 4.78 is 32.4. The predicted molar refractivity (Wildman–Crippen MR) is 95.3 cm³/mol. The molecule has 1 aliphatic heterocycles. The Labute approximate surface area is 153 Å². The summed E-state index contributed by atoms with van der Waals surface area (Å²) in [4.78, 5) is 26.4. The van der Waals surface area contributed by atoms with Gasteiger partial charge in [0, 0.05) is 11.4 Å². The minimum Gasteiger partial charge on any atom is -0.497 e. The van der Waals surface area contributed by atoms with Crippen LogP contribution in [0.15, 0.2) is 42.5 Å². The number of hydrogen-bond donors (Lipinski definition) is 1. The molecule has 1 aliphatic rings. The maximum absolute atomic E-state index is 13.9. The van der Waals surface area contributed by atoms with E-state index in [9.17, 15) is 18.4 Å². The largest absolute Gasteiger partial charge is 0.497 e. The van der Waals surface area contributed by atoms with Crippen molar-refractivity contribution in [3.8, 4) is 5.75 Å². The monoisotopic (exact) mass is 378 g/mol. The number of methoxy groups -OCH3 is 1. The van der Waals surface area contributed by atoms with Gasteiger partial charge in [-0.15, -0.1) is 11.8 Å². The number of halogens is 2. The van der Waals surface area contributed by atoms with Crippen LogP contribution in [0.1, 0.15) is 10.4 Å². The van der Waals surface area contributed by atoms with Crippen molar-refractivity contribution in [2.45, 2.75) is 6.04 Å². The number of carbonyl (C=O) groups excluding carboxylic acids is 2. The van der Waals surface area contributed by atoms with Crippen molar-refractivity contribution in [3.63, 3.8) is 0 Å². The molecule has 1 heterocycles.